The molecule has 0 bridgehead atoms. The number of carbonyl (C=O) groups is 2. The van der Waals surface area contributed by atoms with Crippen LogP contribution in [0.25, 0.3) is 0 Å². The molecule has 1 saturated heterocycles. The van der Waals surface area contributed by atoms with Crippen LogP contribution in [0, 0.1) is 0 Å². The molecule has 0 spiro atoms. The summed E-state index contributed by atoms with van der Waals surface area (Å²) in [6.07, 6.45) is 1.68. The molecule has 1 aliphatic rings. The normalized spacial score (nSPS) is 18.5. The minimum Gasteiger partial charge on any atom is -0.399 e. The van der Waals surface area contributed by atoms with Gasteiger partial charge in [-0.25, -0.2) is 0 Å². The van der Waals surface area contributed by atoms with E-state index in [9.17, 15) is 9.59 Å². The third kappa shape index (κ3) is 3.86. The molecular weight excluding hydrogens is 292 g/mol. The van der Waals surface area contributed by atoms with Gasteiger partial charge in [-0.1, -0.05) is 11.6 Å². The zero-order chi connectivity index (χ0) is 15.4. The average Bonchev–Trinajstić information content (AvgIpc) is 2.89. The molecule has 6 nitrogen and oxygen atoms in total. The molecule has 1 atom stereocenters. The van der Waals surface area contributed by atoms with Crippen LogP contribution >= 0.6 is 11.6 Å². The van der Waals surface area contributed by atoms with Crippen molar-refractivity contribution in [3.8, 4) is 0 Å². The van der Waals surface area contributed by atoms with Gasteiger partial charge in [0, 0.05) is 12.7 Å². The summed E-state index contributed by atoms with van der Waals surface area (Å²) in [6, 6.07) is 4.68. The summed E-state index contributed by atoms with van der Waals surface area (Å²) in [5.41, 5.74) is 6.67. The fraction of sp³-hybridized carbons (Fsp3) is 0.429. The second kappa shape index (κ2) is 6.78. The summed E-state index contributed by atoms with van der Waals surface area (Å²) in [6.45, 7) is 0.903. The highest BCUT2D eigenvalue weighted by Gasteiger charge is 2.31. The second-order valence-electron chi connectivity index (χ2n) is 5.03. The molecule has 1 unspecified atom stereocenters. The standard InChI is InChI=1S/C14H19ClN4O2/c1-17-14(21)12-3-2-6-19(12)8-13(20)18-11-5-4-9(16)7-10(11)15/h4-5,7,12H,2-3,6,8,16H2,1H3,(H,17,21)(H,18,20). The topological polar surface area (TPSA) is 87.5 Å². The van der Waals surface area contributed by atoms with Crippen LogP contribution in [-0.4, -0.2) is 42.9 Å². The van der Waals surface area contributed by atoms with E-state index in [0.29, 0.717) is 16.4 Å². The Balaban J connectivity index is 1.96. The van der Waals surface area contributed by atoms with Gasteiger partial charge in [-0.05, 0) is 37.6 Å². The number of rotatable bonds is 4. The summed E-state index contributed by atoms with van der Waals surface area (Å²) >= 11 is 6.02. The Hall–Kier alpha value is -1.79. The van der Waals surface area contributed by atoms with E-state index in [0.717, 1.165) is 19.4 Å². The fourth-order valence-electron chi connectivity index (χ4n) is 2.49. The number of nitrogens with two attached hydrogens (primary N) is 1. The number of benzene rings is 1. The SMILES string of the molecule is CNC(=O)C1CCCN1CC(=O)Nc1ccc(N)cc1Cl. The largest absolute Gasteiger partial charge is 0.399 e. The molecule has 2 amide bonds. The number of likely N-dealkylation sites (tertiary alicyclic amines) is 1. The molecule has 0 saturated carbocycles. The Morgan fingerprint density at radius 2 is 2.24 bits per heavy atom. The molecule has 21 heavy (non-hydrogen) atoms. The van der Waals surface area contributed by atoms with Gasteiger partial charge in [0.1, 0.15) is 0 Å². The molecule has 7 heteroatoms. The van der Waals surface area contributed by atoms with Gasteiger partial charge in [-0.3, -0.25) is 14.5 Å². The quantitative estimate of drug-likeness (QED) is 0.726. The zero-order valence-corrected chi connectivity index (χ0v) is 12.6. The lowest BCUT2D eigenvalue weighted by molar-refractivity contribution is -0.126. The number of hydrogen-bond donors (Lipinski definition) is 3. The number of nitrogens with zero attached hydrogens (tertiary/aromatic N) is 1. The zero-order valence-electron chi connectivity index (χ0n) is 11.9. The molecule has 114 valence electrons. The van der Waals surface area contributed by atoms with Gasteiger partial charge in [0.05, 0.1) is 23.3 Å². The summed E-state index contributed by atoms with van der Waals surface area (Å²) in [7, 11) is 1.60. The number of hydrogen-bond acceptors (Lipinski definition) is 4. The lowest BCUT2D eigenvalue weighted by atomic mass is 10.2. The van der Waals surface area contributed by atoms with Crippen molar-refractivity contribution >= 4 is 34.8 Å². The van der Waals surface area contributed by atoms with Crippen molar-refractivity contribution < 1.29 is 9.59 Å². The van der Waals surface area contributed by atoms with Crippen molar-refractivity contribution in [1.29, 1.82) is 0 Å². The third-order valence-corrected chi connectivity index (χ3v) is 3.84. The van der Waals surface area contributed by atoms with Gasteiger partial charge in [0.15, 0.2) is 0 Å². The minimum atomic E-state index is -0.234. The first kappa shape index (κ1) is 15.6. The summed E-state index contributed by atoms with van der Waals surface area (Å²) in [5.74, 6) is -0.247. The van der Waals surface area contributed by atoms with E-state index in [1.807, 2.05) is 4.90 Å². The van der Waals surface area contributed by atoms with Crippen LogP contribution in [0.5, 0.6) is 0 Å². The van der Waals surface area contributed by atoms with Crippen molar-refractivity contribution in [2.24, 2.45) is 0 Å². The number of nitrogens with one attached hydrogen (secondary N) is 2. The lowest BCUT2D eigenvalue weighted by Crippen LogP contribution is -2.45. The van der Waals surface area contributed by atoms with Crippen molar-refractivity contribution in [1.82, 2.24) is 10.2 Å². The molecule has 1 aliphatic heterocycles. The summed E-state index contributed by atoms with van der Waals surface area (Å²) in [5, 5.41) is 5.77. The Labute approximate surface area is 128 Å². The van der Waals surface area contributed by atoms with Crippen molar-refractivity contribution in [2.45, 2.75) is 18.9 Å². The Bertz CT molecular complexity index is 550. The van der Waals surface area contributed by atoms with Crippen LogP contribution in [0.1, 0.15) is 12.8 Å². The summed E-state index contributed by atoms with van der Waals surface area (Å²) in [4.78, 5) is 25.7. The van der Waals surface area contributed by atoms with Gasteiger partial charge in [-0.2, -0.15) is 0 Å². The van der Waals surface area contributed by atoms with E-state index < -0.39 is 0 Å². The maximum absolute atomic E-state index is 12.1. The number of nitrogen functional groups attached to an aromatic ring is 1. The predicted octanol–water partition coefficient (Wildman–Crippen LogP) is 1.07. The Morgan fingerprint density at radius 1 is 1.48 bits per heavy atom. The van der Waals surface area contributed by atoms with Gasteiger partial charge < -0.3 is 16.4 Å². The lowest BCUT2D eigenvalue weighted by Gasteiger charge is -2.22. The van der Waals surface area contributed by atoms with Crippen molar-refractivity contribution in [2.75, 3.05) is 31.2 Å². The fourth-order valence-corrected chi connectivity index (χ4v) is 2.72. The van der Waals surface area contributed by atoms with Crippen molar-refractivity contribution in [3.05, 3.63) is 23.2 Å². The van der Waals surface area contributed by atoms with Gasteiger partial charge >= 0.3 is 0 Å². The Morgan fingerprint density at radius 3 is 2.90 bits per heavy atom. The van der Waals surface area contributed by atoms with Gasteiger partial charge in [0.2, 0.25) is 11.8 Å². The number of amides is 2. The average molecular weight is 311 g/mol. The monoisotopic (exact) mass is 310 g/mol. The molecule has 1 aromatic carbocycles. The smallest absolute Gasteiger partial charge is 0.238 e. The van der Waals surface area contributed by atoms with Crippen LogP contribution < -0.4 is 16.4 Å². The molecule has 4 N–H and O–H groups in total. The molecule has 0 radical (unpaired) electrons. The van der Waals surface area contributed by atoms with Gasteiger partial charge in [0.25, 0.3) is 0 Å². The highest BCUT2D eigenvalue weighted by Crippen LogP contribution is 2.24. The number of halogens is 1. The van der Waals surface area contributed by atoms with Crippen LogP contribution in [0.3, 0.4) is 0 Å². The summed E-state index contributed by atoms with van der Waals surface area (Å²) < 4.78 is 0. The second-order valence-corrected chi connectivity index (χ2v) is 5.44. The first-order chi connectivity index (χ1) is 10.0. The van der Waals surface area contributed by atoms with E-state index in [2.05, 4.69) is 10.6 Å². The number of likely N-dealkylation sites (N-methyl/N-ethyl adjacent to an activating group) is 1. The Kier molecular flexibility index (Phi) is 5.03. The van der Waals surface area contributed by atoms with Crippen LogP contribution in [0.15, 0.2) is 18.2 Å². The molecule has 1 fully saturated rings. The molecular formula is C14H19ClN4O2. The highest BCUT2D eigenvalue weighted by molar-refractivity contribution is 6.34. The van der Waals surface area contributed by atoms with E-state index in [4.69, 9.17) is 17.3 Å². The molecule has 0 aliphatic carbocycles. The van der Waals surface area contributed by atoms with E-state index in [1.54, 1.807) is 25.2 Å². The molecule has 2 rings (SSSR count). The van der Waals surface area contributed by atoms with E-state index in [1.165, 1.54) is 0 Å². The van der Waals surface area contributed by atoms with Crippen LogP contribution in [0.4, 0.5) is 11.4 Å². The van der Waals surface area contributed by atoms with Crippen molar-refractivity contribution in [3.63, 3.8) is 0 Å². The highest BCUT2D eigenvalue weighted by atomic mass is 35.5. The van der Waals surface area contributed by atoms with Crippen LogP contribution in [-0.2, 0) is 9.59 Å². The maximum atomic E-state index is 12.1. The first-order valence-electron chi connectivity index (χ1n) is 6.82. The van der Waals surface area contributed by atoms with Crippen LogP contribution in [0.2, 0.25) is 5.02 Å². The number of carbonyl (C=O) groups excluding carboxylic acids is 2. The third-order valence-electron chi connectivity index (χ3n) is 3.53. The molecule has 1 aromatic rings. The maximum Gasteiger partial charge on any atom is 0.238 e. The first-order valence-corrected chi connectivity index (χ1v) is 7.19. The predicted molar refractivity (Wildman–Crippen MR) is 83.2 cm³/mol. The molecule has 0 aromatic heterocycles. The minimum absolute atomic E-state index is 0.0502. The molecule has 1 heterocycles. The number of anilines is 2. The van der Waals surface area contributed by atoms with E-state index >= 15 is 0 Å². The van der Waals surface area contributed by atoms with E-state index in [-0.39, 0.29) is 24.4 Å². The van der Waals surface area contributed by atoms with Gasteiger partial charge in [-0.15, -0.1) is 0 Å².